The Morgan fingerprint density at radius 2 is 1.65 bits per heavy atom. The van der Waals surface area contributed by atoms with Crippen molar-refractivity contribution in [3.63, 3.8) is 0 Å². The Kier molecular flexibility index (Phi) is 8.46. The Bertz CT molecular complexity index is 1510. The van der Waals surface area contributed by atoms with Crippen LogP contribution in [0.25, 0.3) is 0 Å². The molecule has 8 nitrogen and oxygen atoms in total. The van der Waals surface area contributed by atoms with Gasteiger partial charge in [-0.2, -0.15) is 0 Å². The summed E-state index contributed by atoms with van der Waals surface area (Å²) < 4.78 is 29.3. The van der Waals surface area contributed by atoms with Gasteiger partial charge in [0.05, 0.1) is 30.4 Å². The molecule has 2 heterocycles. The van der Waals surface area contributed by atoms with Crippen molar-refractivity contribution in [2.24, 2.45) is 0 Å². The van der Waals surface area contributed by atoms with Gasteiger partial charge in [0.2, 0.25) is 10.0 Å². The highest BCUT2D eigenvalue weighted by molar-refractivity contribution is 7.92. The van der Waals surface area contributed by atoms with Crippen molar-refractivity contribution in [2.45, 2.75) is 18.6 Å². The van der Waals surface area contributed by atoms with Crippen LogP contribution < -0.4 is 9.62 Å². The predicted octanol–water partition coefficient (Wildman–Crippen LogP) is 4.86. The predicted molar refractivity (Wildman–Crippen MR) is 158 cm³/mol. The van der Waals surface area contributed by atoms with Gasteiger partial charge >= 0.3 is 0 Å². The lowest BCUT2D eigenvalue weighted by atomic mass is 9.93. The average Bonchev–Trinajstić information content (AvgIpc) is 3.42. The minimum atomic E-state index is -3.63. The Hall–Kier alpha value is -3.37. The van der Waals surface area contributed by atoms with Crippen LogP contribution in [0, 0.1) is 0 Å². The van der Waals surface area contributed by atoms with Crippen molar-refractivity contribution in [1.82, 2.24) is 19.8 Å². The van der Waals surface area contributed by atoms with Gasteiger partial charge in [-0.05, 0) is 53.6 Å². The summed E-state index contributed by atoms with van der Waals surface area (Å²) in [6.07, 6.45) is 6.38. The molecule has 0 spiro atoms. The van der Waals surface area contributed by atoms with Crippen LogP contribution >= 0.6 is 23.2 Å². The molecular weight excluding hydrogens is 569 g/mol. The van der Waals surface area contributed by atoms with Crippen molar-refractivity contribution >= 4 is 44.8 Å². The number of carbonyl (C=O) groups excluding carboxylic acids is 1. The Balaban J connectivity index is 1.34. The second kappa shape index (κ2) is 12.0. The molecular formula is C29H29Cl2N5O3S. The quantitative estimate of drug-likeness (QED) is 0.282. The molecule has 0 aliphatic carbocycles. The number of imidazole rings is 1. The van der Waals surface area contributed by atoms with Crippen LogP contribution in [0.5, 0.6) is 0 Å². The first kappa shape index (κ1) is 28.2. The molecule has 1 N–H and O–H groups in total. The third-order valence-corrected chi connectivity index (χ3v) is 8.62. The highest BCUT2D eigenvalue weighted by atomic mass is 35.5. The number of rotatable bonds is 10. The first-order chi connectivity index (χ1) is 19.2. The fourth-order valence-corrected chi connectivity index (χ4v) is 6.45. The number of nitrogens with one attached hydrogen (secondary N) is 1. The number of benzene rings is 3. The highest BCUT2D eigenvalue weighted by Gasteiger charge is 2.40. The molecule has 1 saturated heterocycles. The number of nitrogens with zero attached hydrogens (tertiary/aromatic N) is 4. The summed E-state index contributed by atoms with van der Waals surface area (Å²) in [4.78, 5) is 19.0. The molecule has 1 aliphatic rings. The summed E-state index contributed by atoms with van der Waals surface area (Å²) in [6, 6.07) is 21.7. The lowest BCUT2D eigenvalue weighted by molar-refractivity contribution is 0.0952. The van der Waals surface area contributed by atoms with Gasteiger partial charge in [0, 0.05) is 54.2 Å². The maximum Gasteiger partial charge on any atom is 0.251 e. The maximum atomic E-state index is 13.0. The van der Waals surface area contributed by atoms with E-state index in [-0.39, 0.29) is 18.0 Å². The minimum absolute atomic E-state index is 0.0974. The van der Waals surface area contributed by atoms with Crippen molar-refractivity contribution in [3.8, 4) is 0 Å². The first-order valence-corrected chi connectivity index (χ1v) is 15.4. The smallest absolute Gasteiger partial charge is 0.251 e. The number of amides is 1. The van der Waals surface area contributed by atoms with Crippen molar-refractivity contribution < 1.29 is 13.2 Å². The van der Waals surface area contributed by atoms with Gasteiger partial charge in [-0.25, -0.2) is 13.4 Å². The number of halogens is 2. The van der Waals surface area contributed by atoms with Crippen LogP contribution in [0.1, 0.15) is 27.5 Å². The fraction of sp³-hybridized carbons (Fsp3) is 0.241. The van der Waals surface area contributed by atoms with Gasteiger partial charge in [-0.15, -0.1) is 0 Å². The minimum Gasteiger partial charge on any atom is -0.350 e. The number of likely N-dealkylation sites (tertiary alicyclic amines) is 1. The van der Waals surface area contributed by atoms with E-state index in [2.05, 4.69) is 15.2 Å². The van der Waals surface area contributed by atoms with E-state index >= 15 is 0 Å². The molecule has 40 heavy (non-hydrogen) atoms. The van der Waals surface area contributed by atoms with Crippen molar-refractivity contribution in [1.29, 1.82) is 0 Å². The SMILES string of the molecule is CS(=O)(=O)N(c1cccc(C(=O)NCCn2ccnc2)c1)C1CN(C(c2ccc(Cl)cc2)c2ccc(Cl)cc2)C1. The molecule has 0 unspecified atom stereocenters. The zero-order chi connectivity index (χ0) is 28.3. The fourth-order valence-electron chi connectivity index (χ4n) is 5.03. The van der Waals surface area contributed by atoms with Gasteiger partial charge in [-0.3, -0.25) is 14.0 Å². The number of sulfonamides is 1. The molecule has 0 bridgehead atoms. The Morgan fingerprint density at radius 1 is 1.02 bits per heavy atom. The summed E-state index contributed by atoms with van der Waals surface area (Å²) in [7, 11) is -3.63. The molecule has 1 fully saturated rings. The molecule has 3 aromatic carbocycles. The van der Waals surface area contributed by atoms with Crippen molar-refractivity contribution in [3.05, 3.63) is 118 Å². The lowest BCUT2D eigenvalue weighted by Crippen LogP contribution is -2.61. The number of hydrogen-bond acceptors (Lipinski definition) is 5. The molecule has 1 amide bonds. The zero-order valence-corrected chi connectivity index (χ0v) is 24.1. The lowest BCUT2D eigenvalue weighted by Gasteiger charge is -2.48. The van der Waals surface area contributed by atoms with Gasteiger partial charge in [0.25, 0.3) is 5.91 Å². The van der Waals surface area contributed by atoms with Crippen LogP contribution in [0.4, 0.5) is 5.69 Å². The second-order valence-corrected chi connectivity index (χ2v) is 12.5. The molecule has 4 aromatic rings. The van der Waals surface area contributed by atoms with Crippen LogP contribution in [0.15, 0.2) is 91.5 Å². The Labute approximate surface area is 244 Å². The molecule has 11 heteroatoms. The standard InChI is InChI=1S/C29H29Cl2N5O3S/c1-40(38,39)36(26-4-2-3-23(17-26)29(37)33-14-16-34-15-13-32-20-34)27-18-35(19-27)28(21-5-9-24(30)10-6-21)22-7-11-25(31)12-8-22/h2-13,15,17,20,27-28H,14,16,18-19H2,1H3,(H,33,37). The number of carbonyl (C=O) groups is 1. The van der Waals surface area contributed by atoms with E-state index in [0.29, 0.717) is 47.5 Å². The van der Waals surface area contributed by atoms with Crippen molar-refractivity contribution in [2.75, 3.05) is 30.2 Å². The van der Waals surface area contributed by atoms with E-state index < -0.39 is 10.0 Å². The van der Waals surface area contributed by atoms with Gasteiger partial charge < -0.3 is 9.88 Å². The topological polar surface area (TPSA) is 87.5 Å². The van der Waals surface area contributed by atoms with E-state index in [1.165, 1.54) is 10.6 Å². The summed E-state index contributed by atoms with van der Waals surface area (Å²) in [6.45, 7) is 2.01. The van der Waals surface area contributed by atoms with Crippen LogP contribution in [-0.4, -0.2) is 60.7 Å². The monoisotopic (exact) mass is 597 g/mol. The highest BCUT2D eigenvalue weighted by Crippen LogP contribution is 2.36. The molecule has 0 atom stereocenters. The van der Waals surface area contributed by atoms with E-state index in [1.54, 1.807) is 36.8 Å². The summed E-state index contributed by atoms with van der Waals surface area (Å²) >= 11 is 12.3. The summed E-state index contributed by atoms with van der Waals surface area (Å²) in [5.74, 6) is -0.267. The third kappa shape index (κ3) is 6.50. The van der Waals surface area contributed by atoms with Crippen LogP contribution in [0.2, 0.25) is 10.0 Å². The van der Waals surface area contributed by atoms with Gasteiger partial charge in [-0.1, -0.05) is 53.5 Å². The molecule has 0 radical (unpaired) electrons. The average molecular weight is 599 g/mol. The normalized spacial score (nSPS) is 14.2. The Morgan fingerprint density at radius 3 is 2.20 bits per heavy atom. The molecule has 1 aromatic heterocycles. The van der Waals surface area contributed by atoms with Gasteiger partial charge in [0.15, 0.2) is 0 Å². The molecule has 208 valence electrons. The van der Waals surface area contributed by atoms with E-state index in [4.69, 9.17) is 23.2 Å². The first-order valence-electron chi connectivity index (χ1n) is 12.8. The van der Waals surface area contributed by atoms with Crippen LogP contribution in [0.3, 0.4) is 0 Å². The number of aromatic nitrogens is 2. The van der Waals surface area contributed by atoms with E-state index in [9.17, 15) is 13.2 Å². The largest absolute Gasteiger partial charge is 0.350 e. The summed E-state index contributed by atoms with van der Waals surface area (Å²) in [5, 5.41) is 4.18. The maximum absolute atomic E-state index is 13.0. The van der Waals surface area contributed by atoms with E-state index in [1.807, 2.05) is 59.3 Å². The number of hydrogen-bond donors (Lipinski definition) is 1. The molecule has 5 rings (SSSR count). The third-order valence-electron chi connectivity index (χ3n) is 6.89. The van der Waals surface area contributed by atoms with Crippen LogP contribution in [-0.2, 0) is 16.6 Å². The zero-order valence-electron chi connectivity index (χ0n) is 21.8. The van der Waals surface area contributed by atoms with Gasteiger partial charge in [0.1, 0.15) is 0 Å². The molecule has 0 saturated carbocycles. The summed E-state index contributed by atoms with van der Waals surface area (Å²) in [5.41, 5.74) is 2.95. The number of anilines is 1. The molecule has 1 aliphatic heterocycles. The van der Waals surface area contributed by atoms with E-state index in [0.717, 1.165) is 11.1 Å². The second-order valence-electron chi connectivity index (χ2n) is 9.78.